The molecular weight excluding hydrogens is 445 g/mol. The summed E-state index contributed by atoms with van der Waals surface area (Å²) < 4.78 is 31.1. The quantitative estimate of drug-likeness (QED) is 0.555. The topological polar surface area (TPSA) is 159 Å². The number of benzene rings is 2. The highest BCUT2D eigenvalue weighted by Crippen LogP contribution is 2.31. The van der Waals surface area contributed by atoms with Gasteiger partial charge in [-0.1, -0.05) is 47.0 Å². The number of nitrogens with one attached hydrogen (secondary N) is 1. The van der Waals surface area contributed by atoms with Crippen LogP contribution in [0.1, 0.15) is 11.1 Å². The van der Waals surface area contributed by atoms with Crippen molar-refractivity contribution in [1.29, 1.82) is 0 Å². The first-order valence-corrected chi connectivity index (χ1v) is 10.0. The second-order valence-corrected chi connectivity index (χ2v) is 8.34. The van der Waals surface area contributed by atoms with Gasteiger partial charge in [-0.2, -0.15) is 0 Å². The molecule has 9 nitrogen and oxygen atoms in total. The number of ether oxygens (including phenoxy) is 1. The van der Waals surface area contributed by atoms with E-state index in [1.807, 2.05) is 0 Å². The average Bonchev–Trinajstić information content (AvgIpc) is 2.61. The summed E-state index contributed by atoms with van der Waals surface area (Å²) in [4.78, 5) is 36.1. The van der Waals surface area contributed by atoms with Crippen molar-refractivity contribution in [3.63, 3.8) is 0 Å². The molecule has 0 saturated carbocycles. The van der Waals surface area contributed by atoms with Crippen LogP contribution in [-0.2, 0) is 30.0 Å². The molecule has 2 aromatic carbocycles. The molecule has 2 rings (SSSR count). The van der Waals surface area contributed by atoms with Gasteiger partial charge in [0.05, 0.1) is 14.9 Å². The number of aryl methyl sites for hydroxylation is 1. The molecule has 0 saturated heterocycles. The third-order valence-corrected chi connectivity index (χ3v) is 5.88. The first-order chi connectivity index (χ1) is 13.4. The fourth-order valence-electron chi connectivity index (χ4n) is 2.33. The highest BCUT2D eigenvalue weighted by atomic mass is 35.5. The summed E-state index contributed by atoms with van der Waals surface area (Å²) in [5.74, 6) is -2.93. The van der Waals surface area contributed by atoms with Crippen molar-refractivity contribution < 1.29 is 27.5 Å². The SMILES string of the molecule is Cc1ccc(S(=O)(=O)NC(=O)OC(C(N)=O)(C(N)=O)c2ccc(Cl)c(Cl)c2)cc1. The molecule has 12 heteroatoms. The smallest absolute Gasteiger partial charge is 0.417 e. The summed E-state index contributed by atoms with van der Waals surface area (Å²) in [5.41, 5.74) is 8.17. The Labute approximate surface area is 176 Å². The fourth-order valence-corrected chi connectivity index (χ4v) is 3.50. The average molecular weight is 460 g/mol. The molecule has 2 aromatic rings. The Kier molecular flexibility index (Phi) is 6.41. The van der Waals surface area contributed by atoms with Crippen molar-refractivity contribution in [2.75, 3.05) is 0 Å². The second kappa shape index (κ2) is 8.27. The van der Waals surface area contributed by atoms with Crippen molar-refractivity contribution in [3.05, 3.63) is 63.6 Å². The number of primary amides is 2. The maximum atomic E-state index is 12.3. The fraction of sp³-hybridized carbons (Fsp3) is 0.118. The maximum absolute atomic E-state index is 12.3. The monoisotopic (exact) mass is 459 g/mol. The van der Waals surface area contributed by atoms with Crippen LogP contribution in [-0.4, -0.2) is 26.3 Å². The van der Waals surface area contributed by atoms with E-state index in [1.165, 1.54) is 30.3 Å². The van der Waals surface area contributed by atoms with E-state index >= 15 is 0 Å². The summed E-state index contributed by atoms with van der Waals surface area (Å²) in [6, 6.07) is 8.90. The number of carbonyl (C=O) groups excluding carboxylic acids is 3. The largest absolute Gasteiger partial charge is 0.423 e. The Morgan fingerprint density at radius 2 is 1.52 bits per heavy atom. The zero-order valence-corrected chi connectivity index (χ0v) is 17.1. The standard InChI is InChI=1S/C17H15Cl2N3O6S/c1-9-2-5-11(6-3-9)29(26,27)22-16(25)28-17(14(20)23,15(21)24)10-4-7-12(18)13(19)8-10/h2-8H,1H3,(H2,20,23)(H2,21,24)(H,22,25). The normalized spacial score (nSPS) is 11.6. The summed E-state index contributed by atoms with van der Waals surface area (Å²) in [7, 11) is -4.37. The van der Waals surface area contributed by atoms with Gasteiger partial charge in [0, 0.05) is 5.56 Å². The van der Waals surface area contributed by atoms with E-state index < -0.39 is 33.5 Å². The van der Waals surface area contributed by atoms with Crippen molar-refractivity contribution in [3.8, 4) is 0 Å². The summed E-state index contributed by atoms with van der Waals surface area (Å²) in [5, 5.41) is -0.0167. The molecule has 0 aliphatic heterocycles. The van der Waals surface area contributed by atoms with E-state index in [2.05, 4.69) is 0 Å². The van der Waals surface area contributed by atoms with Gasteiger partial charge in [-0.25, -0.2) is 17.9 Å². The first-order valence-electron chi connectivity index (χ1n) is 7.78. The van der Waals surface area contributed by atoms with E-state index in [1.54, 1.807) is 11.6 Å². The third-order valence-electron chi connectivity index (χ3n) is 3.81. The van der Waals surface area contributed by atoms with Gasteiger partial charge in [-0.05, 0) is 31.2 Å². The molecular formula is C17H15Cl2N3O6S. The molecule has 0 radical (unpaired) electrons. The van der Waals surface area contributed by atoms with Crippen LogP contribution in [0.25, 0.3) is 0 Å². The van der Waals surface area contributed by atoms with Gasteiger partial charge in [0.1, 0.15) is 0 Å². The van der Waals surface area contributed by atoms with Crippen molar-refractivity contribution in [2.24, 2.45) is 11.5 Å². The molecule has 0 aliphatic rings. The summed E-state index contributed by atoms with van der Waals surface area (Å²) >= 11 is 11.7. The van der Waals surface area contributed by atoms with E-state index in [-0.39, 0.29) is 20.5 Å². The van der Waals surface area contributed by atoms with Crippen LogP contribution in [0.2, 0.25) is 10.0 Å². The third kappa shape index (κ3) is 4.61. The van der Waals surface area contributed by atoms with Crippen LogP contribution >= 0.6 is 23.2 Å². The minimum Gasteiger partial charge on any atom is -0.417 e. The van der Waals surface area contributed by atoms with Gasteiger partial charge in [0.15, 0.2) is 0 Å². The van der Waals surface area contributed by atoms with Crippen LogP contribution in [0, 0.1) is 6.92 Å². The molecule has 0 heterocycles. The summed E-state index contributed by atoms with van der Waals surface area (Å²) in [6.07, 6.45) is -1.66. The molecule has 5 N–H and O–H groups in total. The second-order valence-electron chi connectivity index (χ2n) is 5.85. The molecule has 154 valence electrons. The van der Waals surface area contributed by atoms with Gasteiger partial charge in [-0.15, -0.1) is 0 Å². The predicted molar refractivity (Wildman–Crippen MR) is 105 cm³/mol. The Hall–Kier alpha value is -2.82. The van der Waals surface area contributed by atoms with Gasteiger partial charge in [-0.3, -0.25) is 9.59 Å². The predicted octanol–water partition coefficient (Wildman–Crippen LogP) is 1.58. The number of nitrogens with two attached hydrogens (primary N) is 2. The number of carbonyl (C=O) groups is 3. The zero-order chi connectivity index (χ0) is 22.0. The number of rotatable bonds is 6. The minimum absolute atomic E-state index is 0.0738. The zero-order valence-electron chi connectivity index (χ0n) is 14.8. The van der Waals surface area contributed by atoms with Crippen LogP contribution in [0.3, 0.4) is 0 Å². The van der Waals surface area contributed by atoms with Gasteiger partial charge in [0.2, 0.25) is 0 Å². The molecule has 0 unspecified atom stereocenters. The molecule has 3 amide bonds. The number of sulfonamides is 1. The molecule has 0 aliphatic carbocycles. The van der Waals surface area contributed by atoms with Crippen LogP contribution in [0.5, 0.6) is 0 Å². The molecule has 0 atom stereocenters. The van der Waals surface area contributed by atoms with Gasteiger partial charge >= 0.3 is 6.09 Å². The summed E-state index contributed by atoms with van der Waals surface area (Å²) in [6.45, 7) is 1.74. The molecule has 0 spiro atoms. The lowest BCUT2D eigenvalue weighted by Gasteiger charge is -2.27. The lowest BCUT2D eigenvalue weighted by Crippen LogP contribution is -2.55. The number of hydrogen-bond acceptors (Lipinski definition) is 6. The maximum Gasteiger partial charge on any atom is 0.423 e. The van der Waals surface area contributed by atoms with Crippen LogP contribution < -0.4 is 16.2 Å². The van der Waals surface area contributed by atoms with E-state index in [9.17, 15) is 22.8 Å². The Morgan fingerprint density at radius 3 is 2.00 bits per heavy atom. The van der Waals surface area contributed by atoms with Crippen molar-refractivity contribution >= 4 is 51.1 Å². The highest BCUT2D eigenvalue weighted by molar-refractivity contribution is 7.90. The number of halogens is 2. The van der Waals surface area contributed by atoms with Crippen molar-refractivity contribution in [1.82, 2.24) is 4.72 Å². The molecule has 0 fully saturated rings. The van der Waals surface area contributed by atoms with Crippen LogP contribution in [0.15, 0.2) is 47.4 Å². The first kappa shape index (κ1) is 22.5. The molecule has 0 bridgehead atoms. The lowest BCUT2D eigenvalue weighted by atomic mass is 9.92. The Morgan fingerprint density at radius 1 is 0.966 bits per heavy atom. The Bertz CT molecular complexity index is 1070. The number of amides is 3. The Balaban J connectivity index is 2.42. The minimum atomic E-state index is -4.37. The van der Waals surface area contributed by atoms with E-state index in [0.717, 1.165) is 17.7 Å². The molecule has 0 aromatic heterocycles. The number of hydrogen-bond donors (Lipinski definition) is 3. The van der Waals surface area contributed by atoms with Crippen molar-refractivity contribution in [2.45, 2.75) is 17.4 Å². The lowest BCUT2D eigenvalue weighted by molar-refractivity contribution is -0.151. The van der Waals surface area contributed by atoms with Gasteiger partial charge < -0.3 is 16.2 Å². The van der Waals surface area contributed by atoms with Crippen LogP contribution in [0.4, 0.5) is 4.79 Å². The van der Waals surface area contributed by atoms with Gasteiger partial charge in [0.25, 0.3) is 27.4 Å². The highest BCUT2D eigenvalue weighted by Gasteiger charge is 2.50. The molecule has 29 heavy (non-hydrogen) atoms. The van der Waals surface area contributed by atoms with E-state index in [0.29, 0.717) is 0 Å². The van der Waals surface area contributed by atoms with E-state index in [4.69, 9.17) is 39.4 Å².